The Morgan fingerprint density at radius 2 is 1.65 bits per heavy atom. The summed E-state index contributed by atoms with van der Waals surface area (Å²) in [6.45, 7) is 3.84. The van der Waals surface area contributed by atoms with E-state index in [1.165, 1.54) is 11.1 Å². The van der Waals surface area contributed by atoms with Crippen molar-refractivity contribution in [1.29, 1.82) is 0 Å². The van der Waals surface area contributed by atoms with E-state index in [0.29, 0.717) is 17.2 Å². The van der Waals surface area contributed by atoms with E-state index in [2.05, 4.69) is 48.2 Å². The number of nitrogens with zero attached hydrogens (tertiary/aromatic N) is 1. The van der Waals surface area contributed by atoms with Crippen LogP contribution in [-0.2, 0) is 6.54 Å². The van der Waals surface area contributed by atoms with Crippen molar-refractivity contribution in [3.8, 4) is 17.2 Å². The van der Waals surface area contributed by atoms with Gasteiger partial charge in [0.1, 0.15) is 0 Å². The van der Waals surface area contributed by atoms with Crippen molar-refractivity contribution in [2.75, 3.05) is 27.9 Å². The molecule has 0 radical (unpaired) electrons. The first-order chi connectivity index (χ1) is 15.0. The minimum absolute atomic E-state index is 0.0917. The predicted molar refractivity (Wildman–Crippen MR) is 122 cm³/mol. The van der Waals surface area contributed by atoms with Crippen LogP contribution >= 0.6 is 0 Å². The van der Waals surface area contributed by atoms with Crippen molar-refractivity contribution < 1.29 is 19.3 Å². The van der Waals surface area contributed by atoms with Gasteiger partial charge in [-0.2, -0.15) is 0 Å². The van der Waals surface area contributed by atoms with Crippen LogP contribution in [0.1, 0.15) is 54.8 Å². The lowest BCUT2D eigenvalue weighted by Crippen LogP contribution is -2.54. The van der Waals surface area contributed by atoms with E-state index in [1.807, 2.05) is 0 Å². The number of hydrogen-bond donors (Lipinski definition) is 1. The molecule has 168 valence electrons. The fourth-order valence-corrected chi connectivity index (χ4v) is 5.56. The van der Waals surface area contributed by atoms with Gasteiger partial charge in [0.15, 0.2) is 11.5 Å². The maximum atomic E-state index is 11.6. The molecule has 0 unspecified atom stereocenters. The molecule has 1 saturated carbocycles. The van der Waals surface area contributed by atoms with Crippen LogP contribution in [0, 0.1) is 12.8 Å². The zero-order chi connectivity index (χ0) is 22.0. The molecule has 3 atom stereocenters. The summed E-state index contributed by atoms with van der Waals surface area (Å²) in [5, 5.41) is 11.6. The van der Waals surface area contributed by atoms with Gasteiger partial charge in [-0.05, 0) is 49.4 Å². The first-order valence-corrected chi connectivity index (χ1v) is 11.3. The molecule has 0 bridgehead atoms. The molecule has 0 amide bonds. The highest BCUT2D eigenvalue weighted by molar-refractivity contribution is 5.54. The van der Waals surface area contributed by atoms with Crippen molar-refractivity contribution in [2.45, 2.75) is 57.2 Å². The second-order valence-electron chi connectivity index (χ2n) is 9.07. The summed E-state index contributed by atoms with van der Waals surface area (Å²) in [5.41, 5.74) is 3.08. The number of piperidine rings is 1. The summed E-state index contributed by atoms with van der Waals surface area (Å²) in [6, 6.07) is 13.0. The van der Waals surface area contributed by atoms with Crippen molar-refractivity contribution in [2.24, 2.45) is 5.92 Å². The highest BCUT2D eigenvalue weighted by Crippen LogP contribution is 2.51. The second-order valence-corrected chi connectivity index (χ2v) is 9.07. The first kappa shape index (κ1) is 22.0. The molecule has 4 rings (SSSR count). The molecule has 1 aliphatic heterocycles. The van der Waals surface area contributed by atoms with Crippen LogP contribution in [0.5, 0.6) is 17.2 Å². The second kappa shape index (κ2) is 9.09. The van der Waals surface area contributed by atoms with Crippen LogP contribution in [0.2, 0.25) is 0 Å². The molecule has 2 aromatic carbocycles. The van der Waals surface area contributed by atoms with Gasteiger partial charge in [0, 0.05) is 25.0 Å². The smallest absolute Gasteiger partial charge is 0.203 e. The Bertz CT molecular complexity index is 872. The standard InChI is InChI=1S/C26H35NO4/c1-18-8-10-19(11-9-18)17-27-14-13-26(28)12-6-5-7-21(26)24(27)20-15-22(29-2)25(31-4)23(16-20)30-3/h8-11,15-16,21,24,28H,5-7,12-14,17H2,1-4H3/t21-,24-,26+/m1/s1. The monoisotopic (exact) mass is 425 g/mol. The third kappa shape index (κ3) is 4.26. The quantitative estimate of drug-likeness (QED) is 0.714. The summed E-state index contributed by atoms with van der Waals surface area (Å²) >= 11 is 0. The van der Waals surface area contributed by atoms with Crippen molar-refractivity contribution in [1.82, 2.24) is 4.90 Å². The van der Waals surface area contributed by atoms with Crippen LogP contribution in [-0.4, -0.2) is 43.5 Å². The number of aliphatic hydroxyl groups is 1. The maximum Gasteiger partial charge on any atom is 0.203 e. The first-order valence-electron chi connectivity index (χ1n) is 11.3. The van der Waals surface area contributed by atoms with Gasteiger partial charge < -0.3 is 19.3 Å². The van der Waals surface area contributed by atoms with Gasteiger partial charge in [-0.15, -0.1) is 0 Å². The van der Waals surface area contributed by atoms with Gasteiger partial charge in [-0.25, -0.2) is 0 Å². The normalized spacial score (nSPS) is 26.2. The van der Waals surface area contributed by atoms with Gasteiger partial charge in [-0.1, -0.05) is 42.7 Å². The van der Waals surface area contributed by atoms with Crippen molar-refractivity contribution in [3.05, 3.63) is 53.1 Å². The number of ether oxygens (including phenoxy) is 3. The molecule has 2 fully saturated rings. The number of aryl methyl sites for hydroxylation is 1. The SMILES string of the molecule is COc1cc([C@@H]2[C@H]3CCCC[C@]3(O)CCN2Cc2ccc(C)cc2)cc(OC)c1OC. The van der Waals surface area contributed by atoms with E-state index in [1.54, 1.807) is 21.3 Å². The molecular weight excluding hydrogens is 390 g/mol. The van der Waals surface area contributed by atoms with Crippen LogP contribution in [0.25, 0.3) is 0 Å². The average molecular weight is 426 g/mol. The van der Waals surface area contributed by atoms with Crippen LogP contribution < -0.4 is 14.2 Å². The van der Waals surface area contributed by atoms with Gasteiger partial charge in [0.05, 0.1) is 26.9 Å². The lowest BCUT2D eigenvalue weighted by Gasteiger charge is -2.53. The molecule has 1 saturated heterocycles. The third-order valence-corrected chi connectivity index (χ3v) is 7.21. The Morgan fingerprint density at radius 3 is 2.26 bits per heavy atom. The topological polar surface area (TPSA) is 51.2 Å². The fourth-order valence-electron chi connectivity index (χ4n) is 5.56. The summed E-state index contributed by atoms with van der Waals surface area (Å²) in [4.78, 5) is 2.52. The lowest BCUT2D eigenvalue weighted by molar-refractivity contribution is -0.126. The van der Waals surface area contributed by atoms with Gasteiger partial charge in [-0.3, -0.25) is 4.90 Å². The van der Waals surface area contributed by atoms with Gasteiger partial charge in [0.2, 0.25) is 5.75 Å². The summed E-state index contributed by atoms with van der Waals surface area (Å²) in [6.07, 6.45) is 5.00. The molecule has 0 aromatic heterocycles. The van der Waals surface area contributed by atoms with Crippen LogP contribution in [0.4, 0.5) is 0 Å². The minimum atomic E-state index is -0.604. The molecule has 5 nitrogen and oxygen atoms in total. The number of methoxy groups -OCH3 is 3. The maximum absolute atomic E-state index is 11.6. The van der Waals surface area contributed by atoms with Crippen molar-refractivity contribution >= 4 is 0 Å². The Labute approximate surface area is 185 Å². The molecule has 5 heteroatoms. The Kier molecular flexibility index (Phi) is 6.44. The molecule has 1 heterocycles. The fraction of sp³-hybridized carbons (Fsp3) is 0.538. The van der Waals surface area contributed by atoms with E-state index in [9.17, 15) is 5.11 Å². The molecule has 0 spiro atoms. The Hall–Kier alpha value is -2.24. The number of rotatable bonds is 6. The summed E-state index contributed by atoms with van der Waals surface area (Å²) in [7, 11) is 4.94. The molecule has 31 heavy (non-hydrogen) atoms. The predicted octanol–water partition coefficient (Wildman–Crippen LogP) is 4.89. The molecule has 2 aromatic rings. The number of benzene rings is 2. The highest BCUT2D eigenvalue weighted by atomic mass is 16.5. The Balaban J connectivity index is 1.77. The lowest BCUT2D eigenvalue weighted by atomic mass is 9.66. The number of hydrogen-bond acceptors (Lipinski definition) is 5. The zero-order valence-electron chi connectivity index (χ0n) is 19.2. The highest BCUT2D eigenvalue weighted by Gasteiger charge is 2.49. The minimum Gasteiger partial charge on any atom is -0.493 e. The number of fused-ring (bicyclic) bond motifs is 1. The third-order valence-electron chi connectivity index (χ3n) is 7.21. The van der Waals surface area contributed by atoms with Crippen LogP contribution in [0.15, 0.2) is 36.4 Å². The average Bonchev–Trinajstić information content (AvgIpc) is 2.79. The number of likely N-dealkylation sites (tertiary alicyclic amines) is 1. The van der Waals surface area contributed by atoms with E-state index in [-0.39, 0.29) is 12.0 Å². The molecule has 1 N–H and O–H groups in total. The largest absolute Gasteiger partial charge is 0.493 e. The van der Waals surface area contributed by atoms with E-state index < -0.39 is 5.60 Å². The van der Waals surface area contributed by atoms with Crippen molar-refractivity contribution in [3.63, 3.8) is 0 Å². The van der Waals surface area contributed by atoms with Gasteiger partial charge in [0.25, 0.3) is 0 Å². The molecule has 1 aliphatic carbocycles. The molecule has 2 aliphatic rings. The zero-order valence-corrected chi connectivity index (χ0v) is 19.2. The summed E-state index contributed by atoms with van der Waals surface area (Å²) < 4.78 is 16.9. The van der Waals surface area contributed by atoms with E-state index in [4.69, 9.17) is 14.2 Å². The summed E-state index contributed by atoms with van der Waals surface area (Å²) in [5.74, 6) is 2.12. The van der Waals surface area contributed by atoms with E-state index >= 15 is 0 Å². The Morgan fingerprint density at radius 1 is 0.968 bits per heavy atom. The van der Waals surface area contributed by atoms with Gasteiger partial charge >= 0.3 is 0 Å². The molecular formula is C26H35NO4. The van der Waals surface area contributed by atoms with Crippen LogP contribution in [0.3, 0.4) is 0 Å². The van der Waals surface area contributed by atoms with E-state index in [0.717, 1.165) is 50.8 Å².